The fourth-order valence-electron chi connectivity index (χ4n) is 3.71. The molecule has 1 atom stereocenters. The SMILES string of the molecule is COc1ccc(OC)c([C@H]2CCCN2C(=O)COc2ccc(-c3nnco3)cc2)c1. The van der Waals surface area contributed by atoms with Crippen molar-refractivity contribution in [1.82, 2.24) is 15.1 Å². The Morgan fingerprint density at radius 3 is 2.63 bits per heavy atom. The molecule has 1 aliphatic heterocycles. The molecule has 156 valence electrons. The quantitative estimate of drug-likeness (QED) is 0.590. The maximum atomic E-state index is 12.9. The van der Waals surface area contributed by atoms with E-state index in [1.54, 1.807) is 26.4 Å². The normalized spacial score (nSPS) is 15.8. The number of carbonyl (C=O) groups excluding carboxylic acids is 1. The molecule has 0 aliphatic carbocycles. The summed E-state index contributed by atoms with van der Waals surface area (Å²) in [6.45, 7) is 0.645. The van der Waals surface area contributed by atoms with Crippen LogP contribution in [0.5, 0.6) is 17.2 Å². The van der Waals surface area contributed by atoms with E-state index >= 15 is 0 Å². The van der Waals surface area contributed by atoms with E-state index in [4.69, 9.17) is 18.6 Å². The highest BCUT2D eigenvalue weighted by atomic mass is 16.5. The molecule has 1 fully saturated rings. The van der Waals surface area contributed by atoms with Crippen molar-refractivity contribution in [3.8, 4) is 28.7 Å². The second-order valence-corrected chi connectivity index (χ2v) is 6.91. The molecule has 0 spiro atoms. The number of rotatable bonds is 7. The van der Waals surface area contributed by atoms with Crippen molar-refractivity contribution < 1.29 is 23.4 Å². The third kappa shape index (κ3) is 4.07. The summed E-state index contributed by atoms with van der Waals surface area (Å²) in [7, 11) is 3.26. The Bertz CT molecular complexity index is 989. The van der Waals surface area contributed by atoms with Crippen LogP contribution >= 0.6 is 0 Å². The van der Waals surface area contributed by atoms with Crippen LogP contribution in [0.2, 0.25) is 0 Å². The molecule has 4 rings (SSSR count). The van der Waals surface area contributed by atoms with E-state index in [2.05, 4.69) is 10.2 Å². The van der Waals surface area contributed by atoms with Crippen LogP contribution in [-0.2, 0) is 4.79 Å². The first-order chi connectivity index (χ1) is 14.7. The predicted molar refractivity (Wildman–Crippen MR) is 108 cm³/mol. The Hall–Kier alpha value is -3.55. The van der Waals surface area contributed by atoms with Gasteiger partial charge in [-0.05, 0) is 55.3 Å². The molecular weight excluding hydrogens is 386 g/mol. The minimum absolute atomic E-state index is 0.0390. The van der Waals surface area contributed by atoms with Crippen LogP contribution in [0.1, 0.15) is 24.4 Å². The molecule has 0 bridgehead atoms. The average Bonchev–Trinajstić information content (AvgIpc) is 3.50. The Balaban J connectivity index is 1.43. The molecule has 1 aliphatic rings. The lowest BCUT2D eigenvalue weighted by Crippen LogP contribution is -2.34. The Labute approximate surface area is 174 Å². The summed E-state index contributed by atoms with van der Waals surface area (Å²) in [6, 6.07) is 12.8. The Morgan fingerprint density at radius 1 is 1.13 bits per heavy atom. The van der Waals surface area contributed by atoms with Gasteiger partial charge in [0, 0.05) is 17.7 Å². The van der Waals surface area contributed by atoms with Gasteiger partial charge in [0.05, 0.1) is 20.3 Å². The zero-order chi connectivity index (χ0) is 20.9. The van der Waals surface area contributed by atoms with Gasteiger partial charge < -0.3 is 23.5 Å². The average molecular weight is 409 g/mol. The number of nitrogens with zero attached hydrogens (tertiary/aromatic N) is 3. The lowest BCUT2D eigenvalue weighted by Gasteiger charge is -2.26. The Kier molecular flexibility index (Phi) is 5.83. The van der Waals surface area contributed by atoms with Gasteiger partial charge in [0.15, 0.2) is 6.61 Å². The Morgan fingerprint density at radius 2 is 1.93 bits per heavy atom. The topological polar surface area (TPSA) is 86.9 Å². The van der Waals surface area contributed by atoms with E-state index in [1.807, 2.05) is 35.2 Å². The van der Waals surface area contributed by atoms with Gasteiger partial charge in [0.1, 0.15) is 17.2 Å². The third-order valence-corrected chi connectivity index (χ3v) is 5.19. The highest BCUT2D eigenvalue weighted by molar-refractivity contribution is 5.79. The number of methoxy groups -OCH3 is 2. The first kappa shape index (κ1) is 19.8. The molecule has 8 heteroatoms. The highest BCUT2D eigenvalue weighted by Gasteiger charge is 2.32. The fourth-order valence-corrected chi connectivity index (χ4v) is 3.71. The summed E-state index contributed by atoms with van der Waals surface area (Å²) in [5.74, 6) is 2.45. The molecule has 0 saturated carbocycles. The number of hydrogen-bond acceptors (Lipinski definition) is 7. The monoisotopic (exact) mass is 409 g/mol. The number of carbonyl (C=O) groups is 1. The number of likely N-dealkylation sites (tertiary alicyclic amines) is 1. The van der Waals surface area contributed by atoms with Crippen LogP contribution in [0.3, 0.4) is 0 Å². The molecule has 1 saturated heterocycles. The number of benzene rings is 2. The lowest BCUT2D eigenvalue weighted by molar-refractivity contribution is -0.134. The number of ether oxygens (including phenoxy) is 3. The molecule has 1 aromatic heterocycles. The highest BCUT2D eigenvalue weighted by Crippen LogP contribution is 2.39. The van der Waals surface area contributed by atoms with Gasteiger partial charge in [0.25, 0.3) is 5.91 Å². The predicted octanol–water partition coefficient (Wildman–Crippen LogP) is 3.50. The van der Waals surface area contributed by atoms with E-state index in [0.717, 1.165) is 35.5 Å². The molecule has 30 heavy (non-hydrogen) atoms. The first-order valence-electron chi connectivity index (χ1n) is 9.70. The van der Waals surface area contributed by atoms with E-state index in [9.17, 15) is 4.79 Å². The summed E-state index contributed by atoms with van der Waals surface area (Å²) in [4.78, 5) is 14.8. The molecule has 2 heterocycles. The van der Waals surface area contributed by atoms with Crippen LogP contribution in [-0.4, -0.2) is 48.4 Å². The van der Waals surface area contributed by atoms with Crippen molar-refractivity contribution >= 4 is 5.91 Å². The summed E-state index contributed by atoms with van der Waals surface area (Å²) in [6.07, 6.45) is 3.08. The van der Waals surface area contributed by atoms with E-state index in [1.165, 1.54) is 6.39 Å². The molecule has 0 N–H and O–H groups in total. The third-order valence-electron chi connectivity index (χ3n) is 5.19. The van der Waals surface area contributed by atoms with Gasteiger partial charge in [-0.3, -0.25) is 4.79 Å². The maximum absolute atomic E-state index is 12.9. The van der Waals surface area contributed by atoms with Crippen molar-refractivity contribution in [2.45, 2.75) is 18.9 Å². The molecule has 8 nitrogen and oxygen atoms in total. The van der Waals surface area contributed by atoms with Crippen LogP contribution in [0.4, 0.5) is 0 Å². The molecule has 3 aromatic rings. The maximum Gasteiger partial charge on any atom is 0.261 e. The molecular formula is C22H23N3O5. The zero-order valence-electron chi connectivity index (χ0n) is 16.9. The molecule has 0 unspecified atom stereocenters. The summed E-state index contributed by atoms with van der Waals surface area (Å²) >= 11 is 0. The van der Waals surface area contributed by atoms with Crippen molar-refractivity contribution in [2.75, 3.05) is 27.4 Å². The summed E-state index contributed by atoms with van der Waals surface area (Å²) in [5.41, 5.74) is 1.74. The number of aromatic nitrogens is 2. The second-order valence-electron chi connectivity index (χ2n) is 6.91. The van der Waals surface area contributed by atoms with Crippen LogP contribution < -0.4 is 14.2 Å². The fraction of sp³-hybridized carbons (Fsp3) is 0.318. The van der Waals surface area contributed by atoms with Gasteiger partial charge in [-0.25, -0.2) is 0 Å². The minimum atomic E-state index is -0.0663. The molecule has 1 amide bonds. The van der Waals surface area contributed by atoms with Crippen LogP contribution in [0, 0.1) is 0 Å². The van der Waals surface area contributed by atoms with Crippen LogP contribution in [0.15, 0.2) is 53.3 Å². The van der Waals surface area contributed by atoms with Gasteiger partial charge in [-0.2, -0.15) is 0 Å². The van der Waals surface area contributed by atoms with Gasteiger partial charge in [0.2, 0.25) is 12.3 Å². The van der Waals surface area contributed by atoms with E-state index in [0.29, 0.717) is 18.2 Å². The largest absolute Gasteiger partial charge is 0.497 e. The summed E-state index contributed by atoms with van der Waals surface area (Å²) in [5, 5.41) is 7.53. The number of amides is 1. The van der Waals surface area contributed by atoms with E-state index < -0.39 is 0 Å². The van der Waals surface area contributed by atoms with Crippen LogP contribution in [0.25, 0.3) is 11.5 Å². The van der Waals surface area contributed by atoms with Gasteiger partial charge >= 0.3 is 0 Å². The van der Waals surface area contributed by atoms with Crippen molar-refractivity contribution in [3.63, 3.8) is 0 Å². The van der Waals surface area contributed by atoms with Crippen molar-refractivity contribution in [3.05, 3.63) is 54.4 Å². The van der Waals surface area contributed by atoms with Crippen molar-refractivity contribution in [1.29, 1.82) is 0 Å². The standard InChI is InChI=1S/C22H23N3O5/c1-27-17-9-10-20(28-2)18(12-17)19-4-3-11-25(19)21(26)13-29-16-7-5-15(6-8-16)22-24-23-14-30-22/h5-10,12,14,19H,3-4,11,13H2,1-2H3/t19-/m1/s1. The van der Waals surface area contributed by atoms with E-state index in [-0.39, 0.29) is 18.6 Å². The number of hydrogen-bond donors (Lipinski definition) is 0. The van der Waals surface area contributed by atoms with Gasteiger partial charge in [-0.1, -0.05) is 0 Å². The van der Waals surface area contributed by atoms with Gasteiger partial charge in [-0.15, -0.1) is 10.2 Å². The molecule has 2 aromatic carbocycles. The second kappa shape index (κ2) is 8.86. The smallest absolute Gasteiger partial charge is 0.261 e. The zero-order valence-corrected chi connectivity index (χ0v) is 16.9. The summed E-state index contributed by atoms with van der Waals surface area (Å²) < 4.78 is 21.8. The minimum Gasteiger partial charge on any atom is -0.497 e. The first-order valence-corrected chi connectivity index (χ1v) is 9.70. The lowest BCUT2D eigenvalue weighted by atomic mass is 10.0. The van der Waals surface area contributed by atoms with Crippen molar-refractivity contribution in [2.24, 2.45) is 0 Å². The molecule has 0 radical (unpaired) electrons.